The highest BCUT2D eigenvalue weighted by Crippen LogP contribution is 2.33. The van der Waals surface area contributed by atoms with E-state index >= 15 is 0 Å². The molecular formula is C36H50N4O5. The highest BCUT2D eigenvalue weighted by Gasteiger charge is 2.40. The molecule has 2 aliphatic heterocycles. The number of hydrogen-bond donors (Lipinski definition) is 4. The number of rotatable bonds is 4. The number of likely N-dealkylation sites (N-methyl/N-ethyl adjacent to an activating group) is 1. The number of hydrogen-bond acceptors (Lipinski definition) is 6. The van der Waals surface area contributed by atoms with E-state index in [1.54, 1.807) is 7.05 Å². The molecule has 3 amide bonds. The first-order chi connectivity index (χ1) is 21.7. The molecule has 1 saturated carbocycles. The van der Waals surface area contributed by atoms with E-state index in [1.165, 1.54) is 17.4 Å². The minimum Gasteiger partial charge on any atom is -0.489 e. The van der Waals surface area contributed by atoms with Gasteiger partial charge in [-0.3, -0.25) is 14.4 Å². The summed E-state index contributed by atoms with van der Waals surface area (Å²) in [5.41, 5.74) is 3.22. The number of benzene rings is 2. The lowest BCUT2D eigenvalue weighted by molar-refractivity contribution is -0.146. The molecule has 0 radical (unpaired) electrons. The van der Waals surface area contributed by atoms with Gasteiger partial charge in [-0.05, 0) is 68.1 Å². The third-order valence-corrected chi connectivity index (χ3v) is 9.97. The summed E-state index contributed by atoms with van der Waals surface area (Å²) >= 11 is 0. The van der Waals surface area contributed by atoms with Crippen molar-refractivity contribution in [1.29, 1.82) is 0 Å². The van der Waals surface area contributed by atoms with Gasteiger partial charge < -0.3 is 30.7 Å². The Morgan fingerprint density at radius 3 is 2.29 bits per heavy atom. The van der Waals surface area contributed by atoms with Crippen LogP contribution < -0.4 is 20.7 Å². The second-order valence-electron chi connectivity index (χ2n) is 13.2. The van der Waals surface area contributed by atoms with Gasteiger partial charge in [0.1, 0.15) is 23.9 Å². The Morgan fingerprint density at radius 1 is 0.867 bits per heavy atom. The SMILES string of the molecule is CC(O)[C@H]1C(=O)N[C@H](C(C)c2ccccc2)C(=O)NCCCc2cccc3c2OC(CC3)CN[C@@H](C2CCCCC2)C(=O)N1C. The second kappa shape index (κ2) is 15.2. The maximum absolute atomic E-state index is 14.3. The number of para-hydroxylation sites is 1. The highest BCUT2D eigenvalue weighted by molar-refractivity contribution is 5.94. The van der Waals surface area contributed by atoms with Crippen LogP contribution in [0.5, 0.6) is 5.75 Å². The fourth-order valence-electron chi connectivity index (χ4n) is 7.33. The third-order valence-electron chi connectivity index (χ3n) is 9.97. The summed E-state index contributed by atoms with van der Waals surface area (Å²) in [5, 5.41) is 20.4. The smallest absolute Gasteiger partial charge is 0.246 e. The van der Waals surface area contributed by atoms with Crippen molar-refractivity contribution in [2.24, 2.45) is 5.92 Å². The lowest BCUT2D eigenvalue weighted by Crippen LogP contribution is -2.61. The number of carbonyl (C=O) groups excluding carboxylic acids is 3. The zero-order valence-corrected chi connectivity index (χ0v) is 27.0. The predicted molar refractivity (Wildman–Crippen MR) is 174 cm³/mol. The molecule has 2 aromatic rings. The Morgan fingerprint density at radius 2 is 1.58 bits per heavy atom. The first-order valence-corrected chi connectivity index (χ1v) is 16.8. The van der Waals surface area contributed by atoms with E-state index in [1.807, 2.05) is 37.3 Å². The van der Waals surface area contributed by atoms with Crippen LogP contribution in [0.2, 0.25) is 0 Å². The Labute approximate surface area is 267 Å². The van der Waals surface area contributed by atoms with Crippen molar-refractivity contribution in [3.63, 3.8) is 0 Å². The molecule has 3 unspecified atom stereocenters. The van der Waals surface area contributed by atoms with E-state index < -0.39 is 30.1 Å². The molecule has 0 saturated heterocycles. The van der Waals surface area contributed by atoms with Gasteiger partial charge in [0, 0.05) is 26.1 Å². The lowest BCUT2D eigenvalue weighted by atomic mass is 9.83. The maximum atomic E-state index is 14.3. The molecule has 0 aromatic heterocycles. The number of aliphatic hydroxyl groups is 1. The van der Waals surface area contributed by atoms with Crippen molar-refractivity contribution in [1.82, 2.24) is 20.9 Å². The first kappa shape index (κ1) is 32.9. The van der Waals surface area contributed by atoms with Crippen LogP contribution in [0.4, 0.5) is 0 Å². The van der Waals surface area contributed by atoms with Crippen LogP contribution >= 0.6 is 0 Å². The molecule has 6 atom stereocenters. The summed E-state index contributed by atoms with van der Waals surface area (Å²) < 4.78 is 6.57. The summed E-state index contributed by atoms with van der Waals surface area (Å²) in [5.74, 6) is -0.369. The normalized spacial score (nSPS) is 27.3. The van der Waals surface area contributed by atoms with E-state index in [0.29, 0.717) is 19.5 Å². The molecule has 1 aliphatic carbocycles. The molecule has 2 bridgehead atoms. The van der Waals surface area contributed by atoms with Gasteiger partial charge in [-0.25, -0.2) is 0 Å². The van der Waals surface area contributed by atoms with Crippen molar-refractivity contribution >= 4 is 17.7 Å². The van der Waals surface area contributed by atoms with E-state index in [0.717, 1.165) is 68.2 Å². The second-order valence-corrected chi connectivity index (χ2v) is 13.2. The lowest BCUT2D eigenvalue weighted by Gasteiger charge is -2.38. The number of nitrogens with zero attached hydrogens (tertiary/aromatic N) is 1. The number of amides is 3. The van der Waals surface area contributed by atoms with E-state index in [4.69, 9.17) is 4.74 Å². The molecule has 45 heavy (non-hydrogen) atoms. The average molecular weight is 619 g/mol. The molecule has 244 valence electrons. The summed E-state index contributed by atoms with van der Waals surface area (Å²) in [6.07, 6.45) is 7.10. The fourth-order valence-corrected chi connectivity index (χ4v) is 7.33. The van der Waals surface area contributed by atoms with E-state index in [9.17, 15) is 19.5 Å². The number of fused-ring (bicyclic) bond motifs is 1. The Bertz CT molecular complexity index is 1310. The Balaban J connectivity index is 1.47. The van der Waals surface area contributed by atoms with Crippen molar-refractivity contribution in [3.8, 4) is 5.75 Å². The number of ether oxygens (including phenoxy) is 1. The zero-order valence-electron chi connectivity index (χ0n) is 27.0. The summed E-state index contributed by atoms with van der Waals surface area (Å²) in [4.78, 5) is 43.3. The van der Waals surface area contributed by atoms with Gasteiger partial charge in [0.25, 0.3) is 0 Å². The van der Waals surface area contributed by atoms with E-state index in [2.05, 4.69) is 34.1 Å². The Kier molecular flexibility index (Phi) is 11.2. The molecule has 3 aliphatic rings. The van der Waals surface area contributed by atoms with Gasteiger partial charge in [0.05, 0.1) is 12.1 Å². The molecule has 2 aromatic carbocycles. The largest absolute Gasteiger partial charge is 0.489 e. The fraction of sp³-hybridized carbons (Fsp3) is 0.583. The minimum absolute atomic E-state index is 0.0856. The van der Waals surface area contributed by atoms with Gasteiger partial charge >= 0.3 is 0 Å². The minimum atomic E-state index is -1.16. The van der Waals surface area contributed by atoms with Gasteiger partial charge in [-0.15, -0.1) is 0 Å². The van der Waals surface area contributed by atoms with Crippen LogP contribution in [0.15, 0.2) is 48.5 Å². The van der Waals surface area contributed by atoms with Crippen LogP contribution in [-0.2, 0) is 27.2 Å². The standard InChI is InChI=1S/C36H50N4O5/c1-23(25-12-6-4-7-13-25)30-34(42)37-21-11-18-27-16-10-17-28-19-20-29(45-33(27)28)22-38-31(26-14-8-5-9-15-26)36(44)40(3)32(24(2)41)35(43)39-30/h4,6-7,10,12-13,16-17,23-24,26,29-32,38,41H,5,8-9,11,14-15,18-22H2,1-3H3,(H,37,42)(H,39,43)/t23?,24?,29?,30-,31+,32+/m1/s1. The maximum Gasteiger partial charge on any atom is 0.246 e. The topological polar surface area (TPSA) is 120 Å². The van der Waals surface area contributed by atoms with Crippen LogP contribution in [0, 0.1) is 5.92 Å². The average Bonchev–Trinajstić information content (AvgIpc) is 3.05. The quantitative estimate of drug-likeness (QED) is 0.417. The molecule has 0 spiro atoms. The summed E-state index contributed by atoms with van der Waals surface area (Å²) in [6.45, 7) is 4.38. The summed E-state index contributed by atoms with van der Waals surface area (Å²) in [6, 6.07) is 13.3. The van der Waals surface area contributed by atoms with Crippen molar-refractivity contribution in [2.75, 3.05) is 20.1 Å². The number of carbonyl (C=O) groups is 3. The van der Waals surface area contributed by atoms with Crippen molar-refractivity contribution < 1.29 is 24.2 Å². The predicted octanol–water partition coefficient (Wildman–Crippen LogP) is 3.48. The van der Waals surface area contributed by atoms with Crippen LogP contribution in [0.25, 0.3) is 0 Å². The molecule has 5 rings (SSSR count). The van der Waals surface area contributed by atoms with Crippen molar-refractivity contribution in [2.45, 2.75) is 108 Å². The monoisotopic (exact) mass is 618 g/mol. The Hall–Kier alpha value is -3.43. The van der Waals surface area contributed by atoms with Gasteiger partial charge in [0.15, 0.2) is 0 Å². The molecule has 1 fully saturated rings. The molecular weight excluding hydrogens is 568 g/mol. The van der Waals surface area contributed by atoms with Crippen molar-refractivity contribution in [3.05, 3.63) is 65.2 Å². The van der Waals surface area contributed by atoms with Gasteiger partial charge in [-0.1, -0.05) is 74.7 Å². The number of aliphatic hydroxyl groups excluding tert-OH is 1. The molecule has 9 heteroatoms. The number of aryl methyl sites for hydroxylation is 2. The van der Waals surface area contributed by atoms with Crippen LogP contribution in [-0.4, -0.2) is 78.2 Å². The molecule has 2 heterocycles. The zero-order chi connectivity index (χ0) is 31.9. The number of nitrogens with one attached hydrogen (secondary N) is 3. The molecule has 9 nitrogen and oxygen atoms in total. The first-order valence-electron chi connectivity index (χ1n) is 16.8. The van der Waals surface area contributed by atoms with Gasteiger partial charge in [-0.2, -0.15) is 0 Å². The van der Waals surface area contributed by atoms with Crippen LogP contribution in [0.3, 0.4) is 0 Å². The molecule has 4 N–H and O–H groups in total. The third kappa shape index (κ3) is 7.87. The highest BCUT2D eigenvalue weighted by atomic mass is 16.5. The van der Waals surface area contributed by atoms with E-state index in [-0.39, 0.29) is 29.8 Å². The van der Waals surface area contributed by atoms with Gasteiger partial charge in [0.2, 0.25) is 17.7 Å². The summed E-state index contributed by atoms with van der Waals surface area (Å²) in [7, 11) is 1.59. The van der Waals surface area contributed by atoms with Crippen LogP contribution in [0.1, 0.15) is 81.4 Å².